The SMILES string of the molecule is CC(C)(C)OC(=O)N1CCN(c2ccc3c(=O)[nH]cnc3n2)CC1. The van der Waals surface area contributed by atoms with E-state index in [0.717, 1.165) is 5.82 Å². The van der Waals surface area contributed by atoms with Crippen LogP contribution in [0.3, 0.4) is 0 Å². The third kappa shape index (κ3) is 3.47. The molecule has 1 aliphatic rings. The second-order valence-electron chi connectivity index (χ2n) is 6.73. The molecule has 0 aliphatic carbocycles. The predicted molar refractivity (Wildman–Crippen MR) is 90.2 cm³/mol. The minimum atomic E-state index is -0.493. The maximum absolute atomic E-state index is 12.1. The van der Waals surface area contributed by atoms with E-state index < -0.39 is 5.60 Å². The van der Waals surface area contributed by atoms with Crippen LogP contribution in [0.15, 0.2) is 23.3 Å². The van der Waals surface area contributed by atoms with E-state index in [9.17, 15) is 9.59 Å². The first kappa shape index (κ1) is 16.2. The lowest BCUT2D eigenvalue weighted by molar-refractivity contribution is 0.0240. The molecule has 8 heteroatoms. The van der Waals surface area contributed by atoms with Gasteiger partial charge in [-0.15, -0.1) is 0 Å². The summed E-state index contributed by atoms with van der Waals surface area (Å²) in [5.41, 5.74) is -0.271. The normalized spacial score (nSPS) is 15.6. The van der Waals surface area contributed by atoms with Crippen molar-refractivity contribution in [3.63, 3.8) is 0 Å². The molecule has 128 valence electrons. The lowest BCUT2D eigenvalue weighted by Crippen LogP contribution is -2.50. The molecule has 1 fully saturated rings. The standard InChI is InChI=1S/C16H21N5O3/c1-16(2,3)24-15(23)21-8-6-20(7-9-21)12-5-4-11-13(19-12)17-10-18-14(11)22/h4-5,10H,6-9H2,1-3H3,(H,17,18,19,22). The van der Waals surface area contributed by atoms with Gasteiger partial charge in [0.05, 0.1) is 11.7 Å². The van der Waals surface area contributed by atoms with Gasteiger partial charge in [-0.1, -0.05) is 0 Å². The van der Waals surface area contributed by atoms with Crippen LogP contribution in [0.4, 0.5) is 10.6 Å². The molecular formula is C16H21N5O3. The van der Waals surface area contributed by atoms with Crippen LogP contribution in [0.1, 0.15) is 20.8 Å². The zero-order valence-electron chi connectivity index (χ0n) is 14.1. The van der Waals surface area contributed by atoms with Crippen LogP contribution in [-0.2, 0) is 4.74 Å². The number of amides is 1. The Balaban J connectivity index is 1.69. The minimum absolute atomic E-state index is 0.200. The van der Waals surface area contributed by atoms with Crippen molar-refractivity contribution < 1.29 is 9.53 Å². The molecule has 0 atom stereocenters. The van der Waals surface area contributed by atoms with Crippen molar-refractivity contribution >= 4 is 22.9 Å². The van der Waals surface area contributed by atoms with Gasteiger partial charge in [0.1, 0.15) is 11.4 Å². The van der Waals surface area contributed by atoms with E-state index in [2.05, 4.69) is 19.9 Å². The summed E-state index contributed by atoms with van der Waals surface area (Å²) < 4.78 is 5.39. The third-order valence-corrected chi connectivity index (χ3v) is 3.74. The Bertz CT molecular complexity index is 803. The number of anilines is 1. The van der Waals surface area contributed by atoms with Crippen LogP contribution < -0.4 is 10.5 Å². The van der Waals surface area contributed by atoms with Crippen LogP contribution in [0.5, 0.6) is 0 Å². The van der Waals surface area contributed by atoms with Crippen molar-refractivity contribution in [2.24, 2.45) is 0 Å². The fourth-order valence-electron chi connectivity index (χ4n) is 2.56. The first-order valence-corrected chi connectivity index (χ1v) is 7.91. The Labute approximate surface area is 139 Å². The molecule has 0 unspecified atom stereocenters. The molecule has 0 bridgehead atoms. The monoisotopic (exact) mass is 331 g/mol. The molecule has 1 saturated heterocycles. The molecule has 0 aromatic carbocycles. The molecule has 0 radical (unpaired) electrons. The minimum Gasteiger partial charge on any atom is -0.444 e. The largest absolute Gasteiger partial charge is 0.444 e. The summed E-state index contributed by atoms with van der Waals surface area (Å²) in [6.45, 7) is 8.01. The van der Waals surface area contributed by atoms with E-state index in [1.807, 2.05) is 26.8 Å². The lowest BCUT2D eigenvalue weighted by atomic mass is 10.2. The number of nitrogens with zero attached hydrogens (tertiary/aromatic N) is 4. The second kappa shape index (κ2) is 6.10. The summed E-state index contributed by atoms with van der Waals surface area (Å²) in [4.78, 5) is 38.6. The number of hydrogen-bond acceptors (Lipinski definition) is 6. The average molecular weight is 331 g/mol. The molecule has 1 N–H and O–H groups in total. The van der Waals surface area contributed by atoms with E-state index in [1.54, 1.807) is 11.0 Å². The number of carbonyl (C=O) groups is 1. The molecule has 3 heterocycles. The van der Waals surface area contributed by atoms with Gasteiger partial charge in [0.15, 0.2) is 5.65 Å². The third-order valence-electron chi connectivity index (χ3n) is 3.74. The molecule has 24 heavy (non-hydrogen) atoms. The lowest BCUT2D eigenvalue weighted by Gasteiger charge is -2.36. The predicted octanol–water partition coefficient (Wildman–Crippen LogP) is 1.38. The molecule has 2 aromatic rings. The topological polar surface area (TPSA) is 91.4 Å². The Hall–Kier alpha value is -2.64. The summed E-state index contributed by atoms with van der Waals surface area (Å²) in [6, 6.07) is 3.53. The second-order valence-corrected chi connectivity index (χ2v) is 6.73. The highest BCUT2D eigenvalue weighted by atomic mass is 16.6. The van der Waals surface area contributed by atoms with Gasteiger partial charge in [0.25, 0.3) is 5.56 Å². The highest BCUT2D eigenvalue weighted by Gasteiger charge is 2.26. The smallest absolute Gasteiger partial charge is 0.410 e. The van der Waals surface area contributed by atoms with Crippen LogP contribution in [-0.4, -0.2) is 57.7 Å². The van der Waals surface area contributed by atoms with Crippen molar-refractivity contribution in [3.05, 3.63) is 28.8 Å². The Kier molecular flexibility index (Phi) is 4.13. The van der Waals surface area contributed by atoms with Gasteiger partial charge in [-0.25, -0.2) is 14.8 Å². The van der Waals surface area contributed by atoms with Crippen molar-refractivity contribution in [2.75, 3.05) is 31.1 Å². The van der Waals surface area contributed by atoms with Crippen molar-refractivity contribution in [3.8, 4) is 0 Å². The van der Waals surface area contributed by atoms with Crippen LogP contribution >= 0.6 is 0 Å². The molecule has 3 rings (SSSR count). The van der Waals surface area contributed by atoms with Crippen molar-refractivity contribution in [1.82, 2.24) is 19.9 Å². The van der Waals surface area contributed by atoms with Crippen LogP contribution in [0.2, 0.25) is 0 Å². The van der Waals surface area contributed by atoms with Gasteiger partial charge in [0, 0.05) is 26.2 Å². The van der Waals surface area contributed by atoms with Crippen molar-refractivity contribution in [2.45, 2.75) is 26.4 Å². The molecule has 0 spiro atoms. The van der Waals surface area contributed by atoms with Gasteiger partial charge in [-0.05, 0) is 32.9 Å². The summed E-state index contributed by atoms with van der Waals surface area (Å²) in [7, 11) is 0. The molecule has 8 nitrogen and oxygen atoms in total. The summed E-state index contributed by atoms with van der Waals surface area (Å²) in [6.07, 6.45) is 1.06. The fourth-order valence-corrected chi connectivity index (χ4v) is 2.56. The van der Waals surface area contributed by atoms with Gasteiger partial charge in [-0.3, -0.25) is 4.79 Å². The Morgan fingerprint density at radius 1 is 1.21 bits per heavy atom. The maximum atomic E-state index is 12.1. The highest BCUT2D eigenvalue weighted by Crippen LogP contribution is 2.17. The first-order chi connectivity index (χ1) is 11.3. The number of aromatic nitrogens is 3. The summed E-state index contributed by atoms with van der Waals surface area (Å²) in [5, 5.41) is 0.466. The number of ether oxygens (including phenoxy) is 1. The Morgan fingerprint density at radius 2 is 1.92 bits per heavy atom. The number of rotatable bonds is 1. The molecule has 0 saturated carbocycles. The maximum Gasteiger partial charge on any atom is 0.410 e. The van der Waals surface area contributed by atoms with Crippen LogP contribution in [0, 0.1) is 0 Å². The number of pyridine rings is 1. The number of carbonyl (C=O) groups excluding carboxylic acids is 1. The van der Waals surface area contributed by atoms with E-state index in [1.165, 1.54) is 6.33 Å². The van der Waals surface area contributed by atoms with Crippen LogP contribution in [0.25, 0.3) is 11.0 Å². The van der Waals surface area contributed by atoms with E-state index >= 15 is 0 Å². The number of fused-ring (bicyclic) bond motifs is 1. The average Bonchev–Trinajstić information content (AvgIpc) is 2.53. The number of aromatic amines is 1. The fraction of sp³-hybridized carbons (Fsp3) is 0.500. The van der Waals surface area contributed by atoms with Gasteiger partial charge in [-0.2, -0.15) is 0 Å². The highest BCUT2D eigenvalue weighted by molar-refractivity contribution is 5.75. The molecular weight excluding hydrogens is 310 g/mol. The summed E-state index contributed by atoms with van der Waals surface area (Å²) >= 11 is 0. The first-order valence-electron chi connectivity index (χ1n) is 7.91. The summed E-state index contributed by atoms with van der Waals surface area (Å²) in [5.74, 6) is 0.754. The van der Waals surface area contributed by atoms with Crippen molar-refractivity contribution in [1.29, 1.82) is 0 Å². The Morgan fingerprint density at radius 3 is 2.58 bits per heavy atom. The van der Waals surface area contributed by atoms with Gasteiger partial charge >= 0.3 is 6.09 Å². The van der Waals surface area contributed by atoms with Gasteiger partial charge in [0.2, 0.25) is 0 Å². The molecule has 2 aromatic heterocycles. The van der Waals surface area contributed by atoms with E-state index in [-0.39, 0.29) is 11.7 Å². The quantitative estimate of drug-likeness (QED) is 0.849. The number of nitrogens with one attached hydrogen (secondary N) is 1. The zero-order valence-corrected chi connectivity index (χ0v) is 14.1. The van der Waals surface area contributed by atoms with E-state index in [4.69, 9.17) is 4.74 Å². The van der Waals surface area contributed by atoms with E-state index in [0.29, 0.717) is 37.2 Å². The number of hydrogen-bond donors (Lipinski definition) is 1. The zero-order chi connectivity index (χ0) is 17.3. The van der Waals surface area contributed by atoms with Gasteiger partial charge < -0.3 is 19.5 Å². The number of H-pyrrole nitrogens is 1. The number of piperazine rings is 1. The molecule has 1 amide bonds. The molecule has 1 aliphatic heterocycles.